The quantitative estimate of drug-likeness (QED) is 0.730. The summed E-state index contributed by atoms with van der Waals surface area (Å²) in [6.07, 6.45) is 5.87. The van der Waals surface area contributed by atoms with Gasteiger partial charge in [-0.25, -0.2) is 9.36 Å². The normalized spacial score (nSPS) is 16.0. The van der Waals surface area contributed by atoms with E-state index in [1.54, 1.807) is 0 Å². The van der Waals surface area contributed by atoms with Gasteiger partial charge >= 0.3 is 5.76 Å². The number of thiophene rings is 1. The molecule has 0 amide bonds. The molecule has 0 saturated heterocycles. The minimum atomic E-state index is -0.516. The summed E-state index contributed by atoms with van der Waals surface area (Å²) in [6.45, 7) is 0.200. The van der Waals surface area contributed by atoms with E-state index in [1.807, 2.05) is 17.5 Å². The highest BCUT2D eigenvalue weighted by molar-refractivity contribution is 7.13. The Morgan fingerprint density at radius 1 is 1.22 bits per heavy atom. The Hall–Kier alpha value is -2.22. The zero-order chi connectivity index (χ0) is 15.6. The van der Waals surface area contributed by atoms with Gasteiger partial charge in [0.25, 0.3) is 0 Å². The lowest BCUT2D eigenvalue weighted by molar-refractivity contribution is 0.311. The number of aromatic nitrogens is 4. The van der Waals surface area contributed by atoms with Crippen LogP contribution in [0.25, 0.3) is 10.7 Å². The largest absolute Gasteiger partial charge is 0.442 e. The molecule has 4 rings (SSSR count). The highest BCUT2D eigenvalue weighted by Crippen LogP contribution is 2.31. The number of nitrogens with zero attached hydrogens (tertiary/aromatic N) is 4. The van der Waals surface area contributed by atoms with E-state index in [1.165, 1.54) is 35.2 Å². The third-order valence-corrected chi connectivity index (χ3v) is 5.03. The van der Waals surface area contributed by atoms with Crippen molar-refractivity contribution < 1.29 is 9.05 Å². The van der Waals surface area contributed by atoms with Gasteiger partial charge in [0.05, 0.1) is 11.4 Å². The van der Waals surface area contributed by atoms with E-state index in [-0.39, 0.29) is 6.54 Å². The molecule has 0 bridgehead atoms. The fraction of sp³-hybridized carbons (Fsp3) is 0.467. The molecule has 1 aliphatic carbocycles. The maximum absolute atomic E-state index is 11.9. The predicted octanol–water partition coefficient (Wildman–Crippen LogP) is 3.04. The minimum Gasteiger partial charge on any atom is -0.339 e. The Labute approximate surface area is 135 Å². The van der Waals surface area contributed by atoms with Crippen molar-refractivity contribution in [3.05, 3.63) is 39.8 Å². The predicted molar refractivity (Wildman–Crippen MR) is 83.3 cm³/mol. The Balaban J connectivity index is 1.58. The van der Waals surface area contributed by atoms with Gasteiger partial charge in [0, 0.05) is 5.92 Å². The van der Waals surface area contributed by atoms with Crippen LogP contribution in [0.5, 0.6) is 0 Å². The van der Waals surface area contributed by atoms with E-state index in [9.17, 15) is 4.79 Å². The lowest BCUT2D eigenvalue weighted by Crippen LogP contribution is -2.17. The van der Waals surface area contributed by atoms with Crippen molar-refractivity contribution in [3.8, 4) is 10.7 Å². The molecule has 0 N–H and O–H groups in total. The van der Waals surface area contributed by atoms with Crippen LogP contribution in [0.15, 0.2) is 31.4 Å². The van der Waals surface area contributed by atoms with E-state index in [2.05, 4.69) is 15.3 Å². The van der Waals surface area contributed by atoms with Gasteiger partial charge in [-0.1, -0.05) is 35.6 Å². The summed E-state index contributed by atoms with van der Waals surface area (Å²) in [5, 5.41) is 9.79. The lowest BCUT2D eigenvalue weighted by Gasteiger charge is -2.17. The molecule has 1 aliphatic rings. The topological polar surface area (TPSA) is 87.0 Å². The van der Waals surface area contributed by atoms with Crippen LogP contribution in [0.2, 0.25) is 0 Å². The van der Waals surface area contributed by atoms with Gasteiger partial charge in [-0.3, -0.25) is 4.52 Å². The van der Waals surface area contributed by atoms with Gasteiger partial charge in [0.2, 0.25) is 5.89 Å². The molecule has 3 aromatic rings. The standard InChI is InChI=1S/C15H16N4O3S/c20-15-19(13(18-22-15)11-7-4-8-23-11)9-12-16-14(21-17-12)10-5-2-1-3-6-10/h4,7-8,10H,1-3,5-6,9H2. The molecule has 0 aromatic carbocycles. The zero-order valence-electron chi connectivity index (χ0n) is 12.5. The molecule has 3 aromatic heterocycles. The van der Waals surface area contributed by atoms with Gasteiger partial charge in [0.15, 0.2) is 11.6 Å². The monoisotopic (exact) mass is 332 g/mol. The first-order valence-electron chi connectivity index (χ1n) is 7.74. The summed E-state index contributed by atoms with van der Waals surface area (Å²) >= 11 is 1.50. The molecule has 3 heterocycles. The van der Waals surface area contributed by atoms with Crippen LogP contribution in [-0.2, 0) is 6.54 Å². The average Bonchev–Trinajstić information content (AvgIpc) is 3.31. The molecule has 0 aliphatic heterocycles. The second-order valence-electron chi connectivity index (χ2n) is 5.72. The smallest absolute Gasteiger partial charge is 0.339 e. The zero-order valence-corrected chi connectivity index (χ0v) is 13.3. The van der Waals surface area contributed by atoms with Gasteiger partial charge in [-0.05, 0) is 24.3 Å². The molecule has 23 heavy (non-hydrogen) atoms. The molecule has 1 saturated carbocycles. The second-order valence-corrected chi connectivity index (χ2v) is 6.67. The highest BCUT2D eigenvalue weighted by atomic mass is 32.1. The van der Waals surface area contributed by atoms with Crippen LogP contribution in [0.1, 0.15) is 49.7 Å². The number of rotatable bonds is 4. The molecule has 0 spiro atoms. The van der Waals surface area contributed by atoms with E-state index in [0.717, 1.165) is 17.7 Å². The number of hydrogen-bond acceptors (Lipinski definition) is 7. The Morgan fingerprint density at radius 3 is 2.87 bits per heavy atom. The molecule has 7 nitrogen and oxygen atoms in total. The van der Waals surface area contributed by atoms with E-state index in [0.29, 0.717) is 23.5 Å². The summed E-state index contributed by atoms with van der Waals surface area (Å²) in [5.41, 5.74) is 0. The Bertz CT molecular complexity index is 827. The molecule has 0 radical (unpaired) electrons. The first-order chi connectivity index (χ1) is 11.3. The third-order valence-electron chi connectivity index (χ3n) is 4.17. The van der Waals surface area contributed by atoms with Crippen LogP contribution in [-0.4, -0.2) is 19.9 Å². The van der Waals surface area contributed by atoms with E-state index in [4.69, 9.17) is 9.05 Å². The van der Waals surface area contributed by atoms with Crippen LogP contribution in [0.3, 0.4) is 0 Å². The summed E-state index contributed by atoms with van der Waals surface area (Å²) in [7, 11) is 0. The van der Waals surface area contributed by atoms with Crippen molar-refractivity contribution >= 4 is 11.3 Å². The first-order valence-corrected chi connectivity index (χ1v) is 8.62. The van der Waals surface area contributed by atoms with Crippen molar-refractivity contribution in [1.82, 2.24) is 19.9 Å². The van der Waals surface area contributed by atoms with Crippen molar-refractivity contribution in [3.63, 3.8) is 0 Å². The van der Waals surface area contributed by atoms with Crippen molar-refractivity contribution in [1.29, 1.82) is 0 Å². The molecule has 0 unspecified atom stereocenters. The maximum atomic E-state index is 11.9. The minimum absolute atomic E-state index is 0.200. The summed E-state index contributed by atoms with van der Waals surface area (Å²) in [4.78, 5) is 17.2. The number of hydrogen-bond donors (Lipinski definition) is 0. The molecular formula is C15H16N4O3S. The van der Waals surface area contributed by atoms with Crippen molar-refractivity contribution in [2.45, 2.75) is 44.6 Å². The van der Waals surface area contributed by atoms with Gasteiger partial charge in [0.1, 0.15) is 0 Å². The van der Waals surface area contributed by atoms with E-state index >= 15 is 0 Å². The summed E-state index contributed by atoms with van der Waals surface area (Å²) < 4.78 is 11.6. The SMILES string of the molecule is O=c1onc(-c2cccs2)n1Cc1noc(C2CCCCC2)n1. The van der Waals surface area contributed by atoms with Crippen LogP contribution in [0, 0.1) is 0 Å². The highest BCUT2D eigenvalue weighted by Gasteiger charge is 2.22. The average molecular weight is 332 g/mol. The Kier molecular flexibility index (Phi) is 3.82. The summed E-state index contributed by atoms with van der Waals surface area (Å²) in [6, 6.07) is 3.79. The summed E-state index contributed by atoms with van der Waals surface area (Å²) in [5.74, 6) is 1.49. The fourth-order valence-corrected chi connectivity index (χ4v) is 3.69. The van der Waals surface area contributed by atoms with E-state index < -0.39 is 5.76 Å². The molecule has 120 valence electrons. The molecule has 0 atom stereocenters. The van der Waals surface area contributed by atoms with Crippen LogP contribution in [0.4, 0.5) is 0 Å². The molecular weight excluding hydrogens is 316 g/mol. The fourth-order valence-electron chi connectivity index (χ4n) is 2.98. The van der Waals surface area contributed by atoms with Gasteiger partial charge in [-0.2, -0.15) is 4.98 Å². The van der Waals surface area contributed by atoms with Gasteiger partial charge in [-0.15, -0.1) is 11.3 Å². The van der Waals surface area contributed by atoms with Gasteiger partial charge < -0.3 is 4.52 Å². The van der Waals surface area contributed by atoms with Crippen molar-refractivity contribution in [2.24, 2.45) is 0 Å². The maximum Gasteiger partial charge on any atom is 0.442 e. The van der Waals surface area contributed by atoms with Crippen molar-refractivity contribution in [2.75, 3.05) is 0 Å². The third kappa shape index (κ3) is 2.86. The molecule has 8 heteroatoms. The second kappa shape index (κ2) is 6.11. The Morgan fingerprint density at radius 2 is 2.09 bits per heavy atom. The van der Waals surface area contributed by atoms with Crippen LogP contribution >= 0.6 is 11.3 Å². The first kappa shape index (κ1) is 14.4. The lowest BCUT2D eigenvalue weighted by atomic mass is 9.89. The van der Waals surface area contributed by atoms with Crippen LogP contribution < -0.4 is 5.76 Å². The molecule has 1 fully saturated rings.